The molecule has 3 nitrogen and oxygen atoms in total. The van der Waals surface area contributed by atoms with Crippen LogP contribution in [0.4, 0.5) is 0 Å². The molecule has 0 fully saturated rings. The van der Waals surface area contributed by atoms with E-state index in [0.29, 0.717) is 17.7 Å². The van der Waals surface area contributed by atoms with Crippen LogP contribution < -0.4 is 0 Å². The highest BCUT2D eigenvalue weighted by atomic mass is 16.2. The van der Waals surface area contributed by atoms with Crippen molar-refractivity contribution < 1.29 is 9.59 Å². The zero-order chi connectivity index (χ0) is 16.5. The molecule has 0 N–H and O–H groups in total. The Kier molecular flexibility index (Phi) is 4.46. The topological polar surface area (TPSA) is 37.4 Å². The van der Waals surface area contributed by atoms with Gasteiger partial charge < -0.3 is 0 Å². The summed E-state index contributed by atoms with van der Waals surface area (Å²) in [5.41, 5.74) is 1.11. The summed E-state index contributed by atoms with van der Waals surface area (Å²) in [6.45, 7) is 11.5. The summed E-state index contributed by atoms with van der Waals surface area (Å²) in [6, 6.07) is 7.12. The summed E-state index contributed by atoms with van der Waals surface area (Å²) in [7, 11) is 0. The van der Waals surface area contributed by atoms with E-state index in [2.05, 4.69) is 34.6 Å². The van der Waals surface area contributed by atoms with E-state index in [1.807, 2.05) is 12.1 Å². The predicted molar refractivity (Wildman–Crippen MR) is 88.9 cm³/mol. The molecule has 1 heterocycles. The summed E-state index contributed by atoms with van der Waals surface area (Å²) in [6.07, 6.45) is 3.02. The first-order valence-corrected chi connectivity index (χ1v) is 8.28. The number of imide groups is 1. The fourth-order valence-corrected chi connectivity index (χ4v) is 3.56. The lowest BCUT2D eigenvalue weighted by Crippen LogP contribution is -2.47. The minimum atomic E-state index is -0.144. The highest BCUT2D eigenvalue weighted by Gasteiger charge is 2.46. The number of rotatable bonds is 6. The summed E-state index contributed by atoms with van der Waals surface area (Å²) < 4.78 is 0. The molecule has 3 heteroatoms. The molecule has 0 spiro atoms. The molecule has 1 unspecified atom stereocenters. The Labute approximate surface area is 133 Å². The van der Waals surface area contributed by atoms with Crippen molar-refractivity contribution in [3.8, 4) is 0 Å². The lowest BCUT2D eigenvalue weighted by Gasteiger charge is -2.47. The van der Waals surface area contributed by atoms with E-state index in [-0.39, 0.29) is 22.6 Å². The third-order valence-corrected chi connectivity index (χ3v) is 6.18. The van der Waals surface area contributed by atoms with Crippen molar-refractivity contribution >= 4 is 11.8 Å². The molecule has 2 rings (SSSR count). The monoisotopic (exact) mass is 301 g/mol. The van der Waals surface area contributed by atoms with Crippen molar-refractivity contribution in [3.05, 3.63) is 35.4 Å². The van der Waals surface area contributed by atoms with E-state index >= 15 is 0 Å². The van der Waals surface area contributed by atoms with Crippen LogP contribution in [0.15, 0.2) is 24.3 Å². The highest BCUT2D eigenvalue weighted by Crippen LogP contribution is 2.48. The van der Waals surface area contributed by atoms with E-state index in [9.17, 15) is 9.59 Å². The average Bonchev–Trinajstić information content (AvgIpc) is 2.79. The van der Waals surface area contributed by atoms with Gasteiger partial charge in [-0.25, -0.2) is 0 Å². The van der Waals surface area contributed by atoms with Gasteiger partial charge in [-0.05, 0) is 29.4 Å². The van der Waals surface area contributed by atoms with Crippen molar-refractivity contribution in [1.82, 2.24) is 4.90 Å². The van der Waals surface area contributed by atoms with Gasteiger partial charge in [0.1, 0.15) is 0 Å². The minimum Gasteiger partial charge on any atom is -0.274 e. The number of carbonyl (C=O) groups is 2. The maximum absolute atomic E-state index is 12.6. The first-order valence-electron chi connectivity index (χ1n) is 8.28. The SMILES string of the molecule is CCC(C)(CC)C(C)(CC)CN1C(=O)c2ccccc2C1=O. The van der Waals surface area contributed by atoms with Gasteiger partial charge in [-0.15, -0.1) is 0 Å². The van der Waals surface area contributed by atoms with E-state index in [4.69, 9.17) is 0 Å². The van der Waals surface area contributed by atoms with Gasteiger partial charge in [-0.3, -0.25) is 14.5 Å². The molecule has 0 bridgehead atoms. The van der Waals surface area contributed by atoms with Crippen LogP contribution in [0, 0.1) is 10.8 Å². The number of nitrogens with zero attached hydrogens (tertiary/aromatic N) is 1. The van der Waals surface area contributed by atoms with Crippen LogP contribution in [-0.4, -0.2) is 23.3 Å². The molecule has 0 aliphatic carbocycles. The Bertz CT molecular complexity index is 554. The normalized spacial score (nSPS) is 17.6. The average molecular weight is 301 g/mol. The minimum absolute atomic E-state index is 0.0795. The zero-order valence-electron chi connectivity index (χ0n) is 14.4. The maximum Gasteiger partial charge on any atom is 0.261 e. The van der Waals surface area contributed by atoms with E-state index in [0.717, 1.165) is 19.3 Å². The van der Waals surface area contributed by atoms with Crippen LogP contribution in [0.25, 0.3) is 0 Å². The number of fused-ring (bicyclic) bond motifs is 1. The second-order valence-corrected chi connectivity index (χ2v) is 6.92. The Morgan fingerprint density at radius 1 is 0.818 bits per heavy atom. The fraction of sp³-hybridized carbons (Fsp3) is 0.579. The summed E-state index contributed by atoms with van der Waals surface area (Å²) in [4.78, 5) is 26.7. The number of carbonyl (C=O) groups excluding carboxylic acids is 2. The molecule has 0 radical (unpaired) electrons. The van der Waals surface area contributed by atoms with Gasteiger partial charge in [0.05, 0.1) is 11.1 Å². The van der Waals surface area contributed by atoms with Gasteiger partial charge in [0, 0.05) is 6.54 Å². The second kappa shape index (κ2) is 5.86. The van der Waals surface area contributed by atoms with Crippen molar-refractivity contribution in [1.29, 1.82) is 0 Å². The molecule has 120 valence electrons. The number of amides is 2. The second-order valence-electron chi connectivity index (χ2n) is 6.92. The van der Waals surface area contributed by atoms with Gasteiger partial charge in [0.2, 0.25) is 0 Å². The molecule has 1 aromatic carbocycles. The van der Waals surface area contributed by atoms with Crippen LogP contribution >= 0.6 is 0 Å². The lowest BCUT2D eigenvalue weighted by atomic mass is 9.61. The molecule has 2 amide bonds. The van der Waals surface area contributed by atoms with Crippen LogP contribution in [-0.2, 0) is 0 Å². The van der Waals surface area contributed by atoms with E-state index in [1.165, 1.54) is 4.90 Å². The van der Waals surface area contributed by atoms with Crippen LogP contribution in [0.2, 0.25) is 0 Å². The smallest absolute Gasteiger partial charge is 0.261 e. The largest absolute Gasteiger partial charge is 0.274 e. The Balaban J connectivity index is 2.35. The number of hydrogen-bond donors (Lipinski definition) is 0. The van der Waals surface area contributed by atoms with Gasteiger partial charge in [0.25, 0.3) is 11.8 Å². The van der Waals surface area contributed by atoms with Gasteiger partial charge >= 0.3 is 0 Å². The van der Waals surface area contributed by atoms with Crippen LogP contribution in [0.1, 0.15) is 74.6 Å². The molecular weight excluding hydrogens is 274 g/mol. The van der Waals surface area contributed by atoms with Crippen LogP contribution in [0.5, 0.6) is 0 Å². The molecule has 1 aromatic rings. The first-order chi connectivity index (χ1) is 10.3. The fourth-order valence-electron chi connectivity index (χ4n) is 3.56. The number of benzene rings is 1. The van der Waals surface area contributed by atoms with Crippen molar-refractivity contribution in [2.45, 2.75) is 53.9 Å². The molecule has 1 atom stereocenters. The summed E-state index contributed by atoms with van der Waals surface area (Å²) in [5.74, 6) is -0.287. The lowest BCUT2D eigenvalue weighted by molar-refractivity contribution is 0.0170. The Morgan fingerprint density at radius 3 is 1.59 bits per heavy atom. The van der Waals surface area contributed by atoms with Crippen molar-refractivity contribution in [2.24, 2.45) is 10.8 Å². The molecule has 0 saturated carbocycles. The third kappa shape index (κ3) is 2.37. The van der Waals surface area contributed by atoms with Gasteiger partial charge in [-0.2, -0.15) is 0 Å². The molecule has 1 aliphatic heterocycles. The zero-order valence-corrected chi connectivity index (χ0v) is 14.4. The molecular formula is C19H27NO2. The quantitative estimate of drug-likeness (QED) is 0.724. The van der Waals surface area contributed by atoms with Crippen molar-refractivity contribution in [2.75, 3.05) is 6.54 Å². The molecule has 0 aromatic heterocycles. The molecule has 22 heavy (non-hydrogen) atoms. The van der Waals surface area contributed by atoms with Gasteiger partial charge in [-0.1, -0.05) is 59.6 Å². The summed E-state index contributed by atoms with van der Waals surface area (Å²) >= 11 is 0. The maximum atomic E-state index is 12.6. The first kappa shape index (κ1) is 16.7. The molecule has 0 saturated heterocycles. The highest BCUT2D eigenvalue weighted by molar-refractivity contribution is 6.21. The van der Waals surface area contributed by atoms with E-state index < -0.39 is 0 Å². The predicted octanol–water partition coefficient (Wildman–Crippen LogP) is 4.53. The van der Waals surface area contributed by atoms with E-state index in [1.54, 1.807) is 12.1 Å². The summed E-state index contributed by atoms with van der Waals surface area (Å²) in [5, 5.41) is 0. The van der Waals surface area contributed by atoms with Crippen LogP contribution in [0.3, 0.4) is 0 Å². The van der Waals surface area contributed by atoms with Gasteiger partial charge in [0.15, 0.2) is 0 Å². The number of hydrogen-bond acceptors (Lipinski definition) is 2. The third-order valence-electron chi connectivity index (χ3n) is 6.18. The van der Waals surface area contributed by atoms with Crippen molar-refractivity contribution in [3.63, 3.8) is 0 Å². The Morgan fingerprint density at radius 2 is 1.23 bits per heavy atom. The Hall–Kier alpha value is -1.64. The molecule has 1 aliphatic rings. The standard InChI is InChI=1S/C19H27NO2/c1-6-18(4,7-2)19(5,8-3)13-20-16(21)14-11-9-10-12-15(14)17(20)22/h9-12H,6-8,13H2,1-5H3.